The van der Waals surface area contributed by atoms with E-state index in [2.05, 4.69) is 50.4 Å². The Morgan fingerprint density at radius 1 is 0.880 bits per heavy atom. The zero-order valence-corrected chi connectivity index (χ0v) is 16.5. The van der Waals surface area contributed by atoms with Crippen LogP contribution in [0.5, 0.6) is 0 Å². The second kappa shape index (κ2) is 8.13. The standard InChI is InChI=1S/C20H28N2O2S/c1-6-17-7-9-18(10-8-17)15(2)21-16(3)19-11-13-20(14-12-19)25(23,24)22(4)5/h7-16,21H,6H2,1-5H3/t15-,16+/m0/s1. The van der Waals surface area contributed by atoms with Crippen LogP contribution in [0, 0.1) is 0 Å². The molecule has 0 aliphatic heterocycles. The van der Waals surface area contributed by atoms with Gasteiger partial charge in [0.15, 0.2) is 0 Å². The summed E-state index contributed by atoms with van der Waals surface area (Å²) in [5.74, 6) is 0. The van der Waals surface area contributed by atoms with E-state index in [1.807, 2.05) is 12.1 Å². The van der Waals surface area contributed by atoms with Crippen molar-refractivity contribution in [2.24, 2.45) is 0 Å². The van der Waals surface area contributed by atoms with Crippen LogP contribution in [0.15, 0.2) is 53.4 Å². The Morgan fingerprint density at radius 2 is 1.32 bits per heavy atom. The van der Waals surface area contributed by atoms with Gasteiger partial charge in [0.25, 0.3) is 0 Å². The Balaban J connectivity index is 2.08. The van der Waals surface area contributed by atoms with Crippen LogP contribution in [0.4, 0.5) is 0 Å². The van der Waals surface area contributed by atoms with Crippen LogP contribution in [-0.2, 0) is 16.4 Å². The number of aryl methyl sites for hydroxylation is 1. The molecule has 0 radical (unpaired) electrons. The number of nitrogens with zero attached hydrogens (tertiary/aromatic N) is 1. The fraction of sp³-hybridized carbons (Fsp3) is 0.400. The van der Waals surface area contributed by atoms with E-state index in [4.69, 9.17) is 0 Å². The molecule has 5 heteroatoms. The molecule has 1 N–H and O–H groups in total. The first-order valence-electron chi connectivity index (χ1n) is 8.63. The molecule has 25 heavy (non-hydrogen) atoms. The van der Waals surface area contributed by atoms with Gasteiger partial charge in [-0.1, -0.05) is 43.3 Å². The molecule has 2 aromatic rings. The van der Waals surface area contributed by atoms with Crippen molar-refractivity contribution in [2.45, 2.75) is 44.2 Å². The van der Waals surface area contributed by atoms with Gasteiger partial charge in [-0.05, 0) is 49.1 Å². The van der Waals surface area contributed by atoms with Gasteiger partial charge >= 0.3 is 0 Å². The lowest BCUT2D eigenvalue weighted by Gasteiger charge is -2.21. The molecule has 0 saturated carbocycles. The third-order valence-corrected chi connectivity index (χ3v) is 6.38. The molecule has 0 aliphatic rings. The predicted octanol–water partition coefficient (Wildman–Crippen LogP) is 3.91. The Kier molecular flexibility index (Phi) is 6.38. The molecule has 2 rings (SSSR count). The molecule has 2 atom stereocenters. The maximum Gasteiger partial charge on any atom is 0.242 e. The number of hydrogen-bond donors (Lipinski definition) is 1. The summed E-state index contributed by atoms with van der Waals surface area (Å²) in [6, 6.07) is 16.1. The van der Waals surface area contributed by atoms with E-state index in [0.29, 0.717) is 4.90 Å². The van der Waals surface area contributed by atoms with Crippen molar-refractivity contribution < 1.29 is 8.42 Å². The van der Waals surface area contributed by atoms with Gasteiger partial charge < -0.3 is 5.32 Å². The van der Waals surface area contributed by atoms with E-state index in [0.717, 1.165) is 12.0 Å². The number of benzene rings is 2. The molecule has 0 saturated heterocycles. The van der Waals surface area contributed by atoms with E-state index >= 15 is 0 Å². The minimum absolute atomic E-state index is 0.122. The highest BCUT2D eigenvalue weighted by molar-refractivity contribution is 7.89. The van der Waals surface area contributed by atoms with Crippen molar-refractivity contribution >= 4 is 10.0 Å². The maximum absolute atomic E-state index is 12.1. The molecule has 0 bridgehead atoms. The van der Waals surface area contributed by atoms with Gasteiger partial charge in [-0.15, -0.1) is 0 Å². The molecular formula is C20H28N2O2S. The van der Waals surface area contributed by atoms with Gasteiger partial charge in [0.1, 0.15) is 0 Å². The van der Waals surface area contributed by atoms with E-state index in [-0.39, 0.29) is 12.1 Å². The number of hydrogen-bond acceptors (Lipinski definition) is 3. The lowest BCUT2D eigenvalue weighted by Crippen LogP contribution is -2.23. The van der Waals surface area contributed by atoms with E-state index in [9.17, 15) is 8.42 Å². The zero-order chi connectivity index (χ0) is 18.6. The summed E-state index contributed by atoms with van der Waals surface area (Å²) in [6.45, 7) is 6.38. The summed E-state index contributed by atoms with van der Waals surface area (Å²) >= 11 is 0. The summed E-state index contributed by atoms with van der Waals surface area (Å²) in [7, 11) is -0.298. The smallest absolute Gasteiger partial charge is 0.242 e. The molecule has 4 nitrogen and oxygen atoms in total. The summed E-state index contributed by atoms with van der Waals surface area (Å²) in [5.41, 5.74) is 3.65. The molecule has 136 valence electrons. The van der Waals surface area contributed by atoms with Crippen LogP contribution in [0.1, 0.15) is 49.5 Å². The minimum Gasteiger partial charge on any atom is -0.304 e. The fourth-order valence-electron chi connectivity index (χ4n) is 2.75. The quantitative estimate of drug-likeness (QED) is 0.814. The monoisotopic (exact) mass is 360 g/mol. The summed E-state index contributed by atoms with van der Waals surface area (Å²) in [4.78, 5) is 0.316. The lowest BCUT2D eigenvalue weighted by molar-refractivity contribution is 0.494. The summed E-state index contributed by atoms with van der Waals surface area (Å²) in [5, 5.41) is 3.57. The SMILES string of the molecule is CCc1ccc([C@H](C)N[C@H](C)c2ccc(S(=O)(=O)N(C)C)cc2)cc1. The van der Waals surface area contributed by atoms with Gasteiger partial charge in [0.2, 0.25) is 10.0 Å². The predicted molar refractivity (Wildman–Crippen MR) is 103 cm³/mol. The first-order valence-corrected chi connectivity index (χ1v) is 10.1. The molecule has 0 aromatic heterocycles. The van der Waals surface area contributed by atoms with Gasteiger partial charge in [0.05, 0.1) is 4.90 Å². The van der Waals surface area contributed by atoms with Crippen molar-refractivity contribution in [2.75, 3.05) is 14.1 Å². The van der Waals surface area contributed by atoms with Crippen molar-refractivity contribution in [1.29, 1.82) is 0 Å². The average Bonchev–Trinajstić information content (AvgIpc) is 2.61. The van der Waals surface area contributed by atoms with Crippen molar-refractivity contribution in [3.05, 3.63) is 65.2 Å². The van der Waals surface area contributed by atoms with E-state index < -0.39 is 10.0 Å². The van der Waals surface area contributed by atoms with Crippen LogP contribution < -0.4 is 5.32 Å². The molecule has 0 fully saturated rings. The summed E-state index contributed by atoms with van der Waals surface area (Å²) in [6.07, 6.45) is 1.04. The molecule has 0 spiro atoms. The Labute approximate surface area is 151 Å². The van der Waals surface area contributed by atoms with Crippen LogP contribution >= 0.6 is 0 Å². The molecular weight excluding hydrogens is 332 g/mol. The van der Waals surface area contributed by atoms with Crippen LogP contribution in [-0.4, -0.2) is 26.8 Å². The first kappa shape index (κ1) is 19.6. The normalized spacial score (nSPS) is 14.5. The second-order valence-electron chi connectivity index (χ2n) is 6.56. The van der Waals surface area contributed by atoms with Crippen molar-refractivity contribution in [3.8, 4) is 0 Å². The van der Waals surface area contributed by atoms with Crippen molar-refractivity contribution in [1.82, 2.24) is 9.62 Å². The van der Waals surface area contributed by atoms with Gasteiger partial charge in [0, 0.05) is 26.2 Å². The first-order chi connectivity index (χ1) is 11.8. The topological polar surface area (TPSA) is 49.4 Å². The van der Waals surface area contributed by atoms with E-state index in [1.54, 1.807) is 26.2 Å². The van der Waals surface area contributed by atoms with Crippen LogP contribution in [0.25, 0.3) is 0 Å². The highest BCUT2D eigenvalue weighted by atomic mass is 32.2. The summed E-state index contributed by atoms with van der Waals surface area (Å²) < 4.78 is 25.5. The highest BCUT2D eigenvalue weighted by Crippen LogP contribution is 2.22. The third-order valence-electron chi connectivity index (χ3n) is 4.55. The van der Waals surface area contributed by atoms with E-state index in [1.165, 1.54) is 15.4 Å². The molecule has 0 heterocycles. The average molecular weight is 361 g/mol. The molecule has 0 unspecified atom stereocenters. The minimum atomic E-state index is -3.38. The lowest BCUT2D eigenvalue weighted by atomic mass is 10.0. The molecule has 2 aromatic carbocycles. The van der Waals surface area contributed by atoms with Crippen LogP contribution in [0.3, 0.4) is 0 Å². The van der Waals surface area contributed by atoms with Crippen molar-refractivity contribution in [3.63, 3.8) is 0 Å². The van der Waals surface area contributed by atoms with Crippen LogP contribution in [0.2, 0.25) is 0 Å². The van der Waals surface area contributed by atoms with Gasteiger partial charge in [-0.3, -0.25) is 0 Å². The number of sulfonamides is 1. The fourth-order valence-corrected chi connectivity index (χ4v) is 3.65. The Morgan fingerprint density at radius 3 is 1.72 bits per heavy atom. The third kappa shape index (κ3) is 4.69. The molecule has 0 amide bonds. The highest BCUT2D eigenvalue weighted by Gasteiger charge is 2.18. The van der Waals surface area contributed by atoms with Gasteiger partial charge in [-0.2, -0.15) is 0 Å². The Bertz CT molecular complexity index is 781. The van der Waals surface area contributed by atoms with Gasteiger partial charge in [-0.25, -0.2) is 12.7 Å². The maximum atomic E-state index is 12.1. The second-order valence-corrected chi connectivity index (χ2v) is 8.71. The molecule has 0 aliphatic carbocycles. The number of nitrogens with one attached hydrogen (secondary N) is 1. The zero-order valence-electron chi connectivity index (χ0n) is 15.7. The number of rotatable bonds is 7. The largest absolute Gasteiger partial charge is 0.304 e. The Hall–Kier alpha value is -1.69.